The van der Waals surface area contributed by atoms with Gasteiger partial charge < -0.3 is 9.29 Å². The van der Waals surface area contributed by atoms with E-state index in [1.807, 2.05) is 26.1 Å². The summed E-state index contributed by atoms with van der Waals surface area (Å²) in [5, 5.41) is 0. The molecule has 0 fully saturated rings. The first-order valence-corrected chi connectivity index (χ1v) is 8.72. The molecule has 2 aromatic rings. The van der Waals surface area contributed by atoms with Gasteiger partial charge in [0.05, 0.1) is 17.1 Å². The Bertz CT molecular complexity index is 739. The van der Waals surface area contributed by atoms with Gasteiger partial charge in [-0.2, -0.15) is 0 Å². The normalized spacial score (nSPS) is 15.9. The van der Waals surface area contributed by atoms with Crippen LogP contribution in [0.1, 0.15) is 61.2 Å². The van der Waals surface area contributed by atoms with Crippen molar-refractivity contribution in [2.75, 3.05) is 0 Å². The second kappa shape index (κ2) is 8.86. The van der Waals surface area contributed by atoms with Crippen molar-refractivity contribution in [3.05, 3.63) is 60.0 Å². The summed E-state index contributed by atoms with van der Waals surface area (Å²) >= 11 is 0. The molecule has 0 aromatic carbocycles. The highest BCUT2D eigenvalue weighted by atomic mass is 15.1. The van der Waals surface area contributed by atoms with Crippen molar-refractivity contribution in [1.29, 1.82) is 0 Å². The largest absolute Gasteiger partial charge is 0.384 e. The van der Waals surface area contributed by atoms with E-state index in [2.05, 4.69) is 29.2 Å². The van der Waals surface area contributed by atoms with Gasteiger partial charge in [-0.05, 0) is 43.0 Å². The standard InChI is InChI=1S/C17H18B2N4.C2H6/c1-3-13-14(4-2)23(19)16(21-13)11-22(18)15-9-5-7-12-8-6-10-20-17(12)15;1-2/h3-4,6,8,10,15H,1-2,5,7,9,11H2;1-2H3. The van der Waals surface area contributed by atoms with E-state index in [-0.39, 0.29) is 6.04 Å². The second-order valence-electron chi connectivity index (χ2n) is 5.70. The molecule has 0 spiro atoms. The predicted octanol–water partition coefficient (Wildman–Crippen LogP) is 3.49. The summed E-state index contributed by atoms with van der Waals surface area (Å²) in [6.45, 7) is 12.0. The second-order valence-corrected chi connectivity index (χ2v) is 5.70. The van der Waals surface area contributed by atoms with Gasteiger partial charge in [-0.25, -0.2) is 4.98 Å². The summed E-state index contributed by atoms with van der Waals surface area (Å²) in [5.41, 5.74) is 3.79. The number of aryl methyl sites for hydroxylation is 1. The first kappa shape index (κ1) is 19.3. The number of imidazole rings is 1. The van der Waals surface area contributed by atoms with Crippen LogP contribution in [0.25, 0.3) is 12.2 Å². The topological polar surface area (TPSA) is 34.0 Å². The lowest BCUT2D eigenvalue weighted by molar-refractivity contribution is 0.289. The number of pyridine rings is 1. The fraction of sp³-hybridized carbons (Fsp3) is 0.368. The molecule has 1 aliphatic carbocycles. The molecule has 3 rings (SSSR count). The molecule has 4 radical (unpaired) electrons. The highest BCUT2D eigenvalue weighted by molar-refractivity contribution is 6.08. The van der Waals surface area contributed by atoms with Crippen LogP contribution in [-0.4, -0.2) is 35.2 Å². The minimum Gasteiger partial charge on any atom is -0.384 e. The van der Waals surface area contributed by atoms with E-state index < -0.39 is 0 Å². The smallest absolute Gasteiger partial charge is 0.236 e. The fourth-order valence-corrected chi connectivity index (χ4v) is 3.16. The Morgan fingerprint density at radius 3 is 2.76 bits per heavy atom. The summed E-state index contributed by atoms with van der Waals surface area (Å²) in [6, 6.07) is 4.18. The number of aromatic nitrogens is 3. The van der Waals surface area contributed by atoms with Crippen molar-refractivity contribution in [2.45, 2.75) is 45.7 Å². The highest BCUT2D eigenvalue weighted by Crippen LogP contribution is 2.32. The van der Waals surface area contributed by atoms with E-state index in [1.54, 1.807) is 17.0 Å². The van der Waals surface area contributed by atoms with Gasteiger partial charge in [-0.3, -0.25) is 4.98 Å². The first-order valence-electron chi connectivity index (χ1n) is 8.72. The third-order valence-electron chi connectivity index (χ3n) is 4.33. The molecular weight excluding hydrogens is 306 g/mol. The van der Waals surface area contributed by atoms with Crippen molar-refractivity contribution in [3.8, 4) is 0 Å². The van der Waals surface area contributed by atoms with Gasteiger partial charge in [0.2, 0.25) is 7.98 Å². The van der Waals surface area contributed by atoms with E-state index in [0.29, 0.717) is 18.1 Å². The van der Waals surface area contributed by atoms with Gasteiger partial charge in [0.1, 0.15) is 5.82 Å². The van der Waals surface area contributed by atoms with Crippen molar-refractivity contribution in [1.82, 2.24) is 19.3 Å². The zero-order chi connectivity index (χ0) is 18.4. The van der Waals surface area contributed by atoms with Crippen molar-refractivity contribution < 1.29 is 0 Å². The molecule has 4 nitrogen and oxygen atoms in total. The maximum Gasteiger partial charge on any atom is 0.236 e. The van der Waals surface area contributed by atoms with Gasteiger partial charge in [-0.1, -0.05) is 33.1 Å². The third-order valence-corrected chi connectivity index (χ3v) is 4.33. The molecule has 0 amide bonds. The number of hydrogen-bond acceptors (Lipinski definition) is 3. The minimum absolute atomic E-state index is 0.0796. The van der Waals surface area contributed by atoms with Gasteiger partial charge in [0, 0.05) is 18.8 Å². The van der Waals surface area contributed by atoms with E-state index >= 15 is 0 Å². The Labute approximate surface area is 153 Å². The summed E-state index contributed by atoms with van der Waals surface area (Å²) in [7, 11) is 12.4. The van der Waals surface area contributed by atoms with Gasteiger partial charge in [0.15, 0.2) is 7.98 Å². The van der Waals surface area contributed by atoms with Crippen LogP contribution in [0.3, 0.4) is 0 Å². The monoisotopic (exact) mass is 330 g/mol. The molecule has 0 saturated heterocycles. The Morgan fingerprint density at radius 1 is 1.36 bits per heavy atom. The van der Waals surface area contributed by atoms with E-state index in [9.17, 15) is 0 Å². The number of fused-ring (bicyclic) bond motifs is 1. The maximum atomic E-state index is 6.34. The minimum atomic E-state index is 0.0796. The zero-order valence-corrected chi connectivity index (χ0v) is 15.2. The van der Waals surface area contributed by atoms with E-state index in [0.717, 1.165) is 30.7 Å². The average Bonchev–Trinajstić information content (AvgIpc) is 2.97. The van der Waals surface area contributed by atoms with Gasteiger partial charge in [-0.15, -0.1) is 0 Å². The van der Waals surface area contributed by atoms with Crippen LogP contribution in [0.5, 0.6) is 0 Å². The number of rotatable bonds is 5. The van der Waals surface area contributed by atoms with Gasteiger partial charge in [0.25, 0.3) is 0 Å². The number of hydrogen-bond donors (Lipinski definition) is 0. The molecule has 1 unspecified atom stereocenters. The van der Waals surface area contributed by atoms with Crippen LogP contribution in [0.4, 0.5) is 0 Å². The summed E-state index contributed by atoms with van der Waals surface area (Å²) in [5.74, 6) is 0.681. The van der Waals surface area contributed by atoms with E-state index in [4.69, 9.17) is 16.0 Å². The fourth-order valence-electron chi connectivity index (χ4n) is 3.16. The maximum absolute atomic E-state index is 6.34. The van der Waals surface area contributed by atoms with Crippen LogP contribution in [0.15, 0.2) is 31.5 Å². The quantitative estimate of drug-likeness (QED) is 0.787. The molecule has 6 heteroatoms. The Balaban J connectivity index is 0.00000109. The molecule has 0 saturated carbocycles. The molecular formula is C19H24B2N4. The summed E-state index contributed by atoms with van der Waals surface area (Å²) in [4.78, 5) is 10.8. The molecule has 1 aliphatic rings. The summed E-state index contributed by atoms with van der Waals surface area (Å²) in [6.07, 6.45) is 8.30. The van der Waals surface area contributed by atoms with Crippen LogP contribution in [0, 0.1) is 0 Å². The van der Waals surface area contributed by atoms with Crippen LogP contribution in [-0.2, 0) is 13.0 Å². The molecule has 2 aromatic heterocycles. The lowest BCUT2D eigenvalue weighted by Crippen LogP contribution is -2.30. The molecule has 1 atom stereocenters. The SMILES string of the molecule is CC.[B]N(Cc1nc(C=C)c(C=C)n1[B])C1CCCc2cccnc21. The Hall–Kier alpha value is -2.07. The molecule has 25 heavy (non-hydrogen) atoms. The molecule has 0 bridgehead atoms. The molecule has 0 aliphatic heterocycles. The van der Waals surface area contributed by atoms with Crippen LogP contribution < -0.4 is 0 Å². The zero-order valence-electron chi connectivity index (χ0n) is 15.2. The third kappa shape index (κ3) is 3.95. The predicted molar refractivity (Wildman–Crippen MR) is 106 cm³/mol. The summed E-state index contributed by atoms with van der Waals surface area (Å²) < 4.78 is 1.52. The molecule has 126 valence electrons. The Morgan fingerprint density at radius 2 is 2.12 bits per heavy atom. The van der Waals surface area contributed by atoms with Crippen molar-refractivity contribution >= 4 is 28.1 Å². The average molecular weight is 330 g/mol. The van der Waals surface area contributed by atoms with E-state index in [1.165, 1.54) is 10.0 Å². The molecule has 2 heterocycles. The number of nitrogens with zero attached hydrogens (tertiary/aromatic N) is 4. The van der Waals surface area contributed by atoms with Crippen molar-refractivity contribution in [2.24, 2.45) is 0 Å². The van der Waals surface area contributed by atoms with Crippen molar-refractivity contribution in [3.63, 3.8) is 0 Å². The van der Waals surface area contributed by atoms with Crippen LogP contribution >= 0.6 is 0 Å². The lowest BCUT2D eigenvalue weighted by atomic mass is 9.89. The first-order chi connectivity index (χ1) is 12.2. The Kier molecular flexibility index (Phi) is 6.82. The lowest BCUT2D eigenvalue weighted by Gasteiger charge is -2.32. The molecule has 0 N–H and O–H groups in total. The van der Waals surface area contributed by atoms with Gasteiger partial charge >= 0.3 is 0 Å². The van der Waals surface area contributed by atoms with Crippen LogP contribution in [0.2, 0.25) is 0 Å². The highest BCUT2D eigenvalue weighted by Gasteiger charge is 2.25.